The lowest BCUT2D eigenvalue weighted by molar-refractivity contribution is -0.135. The molecule has 46 heavy (non-hydrogen) atoms. The summed E-state index contributed by atoms with van der Waals surface area (Å²) >= 11 is 7.86. The summed E-state index contributed by atoms with van der Waals surface area (Å²) in [5.74, 6) is 0.636. The van der Waals surface area contributed by atoms with E-state index in [0.29, 0.717) is 28.6 Å². The minimum atomic E-state index is -0.719. The molecule has 0 bridgehead atoms. The fraction of sp³-hybridized carbons (Fsp3) is 0.500. The molecule has 244 valence electrons. The molecule has 10 heteroatoms. The summed E-state index contributed by atoms with van der Waals surface area (Å²) in [6.07, 6.45) is 5.02. The van der Waals surface area contributed by atoms with Crippen molar-refractivity contribution in [2.45, 2.75) is 70.2 Å². The molecule has 2 saturated heterocycles. The maximum atomic E-state index is 13.7. The molecule has 1 aromatic heterocycles. The average Bonchev–Trinajstić information content (AvgIpc) is 3.01. The molecule has 0 radical (unpaired) electrons. The number of aryl methyl sites for hydroxylation is 1. The second kappa shape index (κ2) is 14.0. The van der Waals surface area contributed by atoms with Crippen LogP contribution in [0.4, 0.5) is 0 Å². The predicted molar refractivity (Wildman–Crippen MR) is 186 cm³/mol. The van der Waals surface area contributed by atoms with Gasteiger partial charge in [-0.25, -0.2) is 4.98 Å². The Balaban J connectivity index is 1.04. The molecule has 3 aliphatic rings. The van der Waals surface area contributed by atoms with Gasteiger partial charge >= 0.3 is 0 Å². The van der Waals surface area contributed by atoms with Crippen LogP contribution < -0.4 is 10.9 Å². The number of rotatable bonds is 9. The quantitative estimate of drug-likeness (QED) is 0.169. The van der Waals surface area contributed by atoms with Gasteiger partial charge in [0.15, 0.2) is 0 Å². The zero-order valence-corrected chi connectivity index (χ0v) is 28.7. The van der Waals surface area contributed by atoms with E-state index < -0.39 is 11.9 Å². The third-order valence-electron chi connectivity index (χ3n) is 9.71. The topological polar surface area (TPSA) is 87.5 Å². The number of halogens is 1. The smallest absolute Gasteiger partial charge is 0.263 e. The zero-order valence-electron chi connectivity index (χ0n) is 27.1. The minimum Gasteiger partial charge on any atom is -0.301 e. The van der Waals surface area contributed by atoms with Crippen LogP contribution in [-0.2, 0) is 9.59 Å². The van der Waals surface area contributed by atoms with Crippen molar-refractivity contribution in [3.8, 4) is 0 Å². The number of carbonyl (C=O) groups is 2. The highest BCUT2D eigenvalue weighted by molar-refractivity contribution is 7.99. The van der Waals surface area contributed by atoms with Gasteiger partial charge in [0.2, 0.25) is 11.8 Å². The normalized spacial score (nSPS) is 21.2. The van der Waals surface area contributed by atoms with E-state index >= 15 is 0 Å². The molecule has 1 unspecified atom stereocenters. The van der Waals surface area contributed by atoms with Gasteiger partial charge in [-0.3, -0.25) is 29.2 Å². The monoisotopic (exact) mass is 661 g/mol. The zero-order chi connectivity index (χ0) is 32.4. The molecule has 1 atom stereocenters. The van der Waals surface area contributed by atoms with Crippen LogP contribution in [0, 0.1) is 12.3 Å². The van der Waals surface area contributed by atoms with Gasteiger partial charge in [0.05, 0.1) is 10.9 Å². The van der Waals surface area contributed by atoms with Gasteiger partial charge in [0.25, 0.3) is 5.56 Å². The van der Waals surface area contributed by atoms with Gasteiger partial charge in [-0.2, -0.15) is 0 Å². The first-order chi connectivity index (χ1) is 22.1. The number of carbonyl (C=O) groups excluding carboxylic acids is 2. The lowest BCUT2D eigenvalue weighted by atomic mass is 9.73. The summed E-state index contributed by atoms with van der Waals surface area (Å²) in [6, 6.07) is 13.4. The first-order valence-corrected chi connectivity index (χ1v) is 17.8. The standard InChI is InChI=1S/C36H44ClN5O3S/c1-24-38-29-6-4-7-31(33(29)35(45)42(24)30-12-13-32(43)39-34(30)44)46-21-5-16-40-17-19-41(20-18-40)23-26-22-36(2,3)15-14-28(26)25-8-10-27(37)11-9-25/h4,6-11,30H,5,12-23H2,1-3H3,(H,39,43,44). The molecule has 2 fully saturated rings. The summed E-state index contributed by atoms with van der Waals surface area (Å²) in [7, 11) is 0. The number of piperidine rings is 1. The number of piperazine rings is 1. The number of thioether (sulfide) groups is 1. The number of benzene rings is 2. The third kappa shape index (κ3) is 7.43. The van der Waals surface area contributed by atoms with Crippen molar-refractivity contribution in [3.63, 3.8) is 0 Å². The Morgan fingerprint density at radius 1 is 1.00 bits per heavy atom. The van der Waals surface area contributed by atoms with Gasteiger partial charge in [0.1, 0.15) is 11.9 Å². The van der Waals surface area contributed by atoms with Crippen molar-refractivity contribution in [1.29, 1.82) is 0 Å². The van der Waals surface area contributed by atoms with Gasteiger partial charge in [-0.15, -0.1) is 11.8 Å². The number of hydrogen-bond acceptors (Lipinski definition) is 7. The van der Waals surface area contributed by atoms with E-state index in [4.69, 9.17) is 11.6 Å². The number of nitrogens with zero attached hydrogens (tertiary/aromatic N) is 4. The molecule has 0 saturated carbocycles. The fourth-order valence-electron chi connectivity index (χ4n) is 7.21. The third-order valence-corrected chi connectivity index (χ3v) is 11.1. The molecule has 3 aromatic rings. The molecule has 6 rings (SSSR count). The molecule has 3 heterocycles. The second-order valence-electron chi connectivity index (χ2n) is 13.7. The van der Waals surface area contributed by atoms with Gasteiger partial charge in [-0.05, 0) is 92.1 Å². The molecule has 0 spiro atoms. The number of fused-ring (bicyclic) bond motifs is 1. The first kappa shape index (κ1) is 32.9. The van der Waals surface area contributed by atoms with Crippen molar-refractivity contribution >= 4 is 51.7 Å². The Morgan fingerprint density at radius 2 is 1.74 bits per heavy atom. The maximum Gasteiger partial charge on any atom is 0.263 e. The van der Waals surface area contributed by atoms with Gasteiger partial charge < -0.3 is 4.90 Å². The van der Waals surface area contributed by atoms with Crippen LogP contribution in [0.1, 0.15) is 69.8 Å². The molecule has 2 aromatic carbocycles. The number of imide groups is 1. The number of hydrogen-bond donors (Lipinski definition) is 1. The van der Waals surface area contributed by atoms with Crippen LogP contribution in [-0.4, -0.2) is 76.2 Å². The van der Waals surface area contributed by atoms with E-state index in [-0.39, 0.29) is 17.9 Å². The fourth-order valence-corrected chi connectivity index (χ4v) is 8.34. The maximum absolute atomic E-state index is 13.7. The minimum absolute atomic E-state index is 0.214. The average molecular weight is 662 g/mol. The predicted octanol–water partition coefficient (Wildman–Crippen LogP) is 6.10. The molecule has 2 aliphatic heterocycles. The van der Waals surface area contributed by atoms with E-state index in [9.17, 15) is 14.4 Å². The molecule has 2 amide bonds. The molecule has 8 nitrogen and oxygen atoms in total. The Hall–Kier alpha value is -2.98. The Kier molecular flexibility index (Phi) is 10.0. The van der Waals surface area contributed by atoms with Crippen molar-refractivity contribution < 1.29 is 9.59 Å². The lowest BCUT2D eigenvalue weighted by Crippen LogP contribution is -2.47. The number of allylic oxidation sites excluding steroid dienone is 1. The lowest BCUT2D eigenvalue weighted by Gasteiger charge is -2.39. The van der Waals surface area contributed by atoms with E-state index in [2.05, 4.69) is 46.1 Å². The SMILES string of the molecule is Cc1nc2cccc(SCCCN3CCN(CC4=C(c5ccc(Cl)cc5)CCC(C)(C)C4)CC3)c2c(=O)n1C1CCC(=O)NC1=O. The van der Waals surface area contributed by atoms with E-state index in [0.717, 1.165) is 74.2 Å². The van der Waals surface area contributed by atoms with Crippen molar-refractivity contribution in [1.82, 2.24) is 24.7 Å². The summed E-state index contributed by atoms with van der Waals surface area (Å²) in [5.41, 5.74) is 5.17. The van der Waals surface area contributed by atoms with Crippen molar-refractivity contribution in [2.75, 3.05) is 45.0 Å². The summed E-state index contributed by atoms with van der Waals surface area (Å²) in [5, 5.41) is 3.71. The second-order valence-corrected chi connectivity index (χ2v) is 15.3. The largest absolute Gasteiger partial charge is 0.301 e. The molecular formula is C36H44ClN5O3S. The van der Waals surface area contributed by atoms with Gasteiger partial charge in [0, 0.05) is 49.1 Å². The van der Waals surface area contributed by atoms with Crippen LogP contribution in [0.3, 0.4) is 0 Å². The van der Waals surface area contributed by atoms with Gasteiger partial charge in [-0.1, -0.05) is 49.2 Å². The molecular weight excluding hydrogens is 618 g/mol. The number of amides is 2. The van der Waals surface area contributed by atoms with E-state index in [1.807, 2.05) is 30.3 Å². The molecule has 1 N–H and O–H groups in total. The van der Waals surface area contributed by atoms with Crippen molar-refractivity contribution in [2.24, 2.45) is 5.41 Å². The Labute approximate surface area is 280 Å². The highest BCUT2D eigenvalue weighted by Crippen LogP contribution is 2.43. The molecule has 1 aliphatic carbocycles. The summed E-state index contributed by atoms with van der Waals surface area (Å²) in [4.78, 5) is 48.7. The van der Waals surface area contributed by atoms with Crippen LogP contribution in [0.5, 0.6) is 0 Å². The first-order valence-electron chi connectivity index (χ1n) is 16.5. The number of aromatic nitrogens is 2. The summed E-state index contributed by atoms with van der Waals surface area (Å²) < 4.78 is 1.47. The highest BCUT2D eigenvalue weighted by atomic mass is 35.5. The highest BCUT2D eigenvalue weighted by Gasteiger charge is 2.31. The van der Waals surface area contributed by atoms with E-state index in [1.54, 1.807) is 24.3 Å². The van der Waals surface area contributed by atoms with Crippen LogP contribution in [0.15, 0.2) is 57.7 Å². The summed E-state index contributed by atoms with van der Waals surface area (Å²) in [6.45, 7) is 12.9. The Morgan fingerprint density at radius 3 is 2.48 bits per heavy atom. The van der Waals surface area contributed by atoms with Crippen molar-refractivity contribution in [3.05, 3.63) is 74.8 Å². The van der Waals surface area contributed by atoms with E-state index in [1.165, 1.54) is 22.1 Å². The number of nitrogens with one attached hydrogen (secondary N) is 1. The van der Waals surface area contributed by atoms with Crippen LogP contribution in [0.2, 0.25) is 5.02 Å². The van der Waals surface area contributed by atoms with Crippen LogP contribution >= 0.6 is 23.4 Å². The Bertz CT molecular complexity index is 1710. The van der Waals surface area contributed by atoms with Crippen LogP contribution in [0.25, 0.3) is 16.5 Å².